The van der Waals surface area contributed by atoms with Gasteiger partial charge in [-0.15, -0.1) is 5.10 Å². The summed E-state index contributed by atoms with van der Waals surface area (Å²) in [7, 11) is 0. The number of nitrogens with zero attached hydrogens (tertiary/aromatic N) is 4. The number of halogens is 1. The summed E-state index contributed by atoms with van der Waals surface area (Å²) in [5.41, 5.74) is 0.226. The van der Waals surface area contributed by atoms with Crippen LogP contribution in [0, 0.1) is 8.99 Å². The third-order valence-corrected chi connectivity index (χ3v) is 4.05. The Hall–Kier alpha value is -1.51. The minimum absolute atomic E-state index is 0.330. The molecule has 1 aromatic carbocycles. The Balaban J connectivity index is 1.93. The number of carboxylic acid groups (broad SMARTS) is 1. The molecule has 1 saturated carbocycles. The van der Waals surface area contributed by atoms with Crippen molar-refractivity contribution in [3.63, 3.8) is 0 Å². The molecule has 0 aliphatic heterocycles. The number of benzene rings is 1. The van der Waals surface area contributed by atoms with Gasteiger partial charge in [0, 0.05) is 9.13 Å². The molecule has 1 aromatic heterocycles. The van der Waals surface area contributed by atoms with E-state index in [-0.39, 0.29) is 0 Å². The largest absolute Gasteiger partial charge is 0.481 e. The zero-order valence-corrected chi connectivity index (χ0v) is 12.1. The average molecular weight is 370 g/mol. The van der Waals surface area contributed by atoms with Crippen molar-refractivity contribution in [2.45, 2.75) is 19.4 Å². The molecule has 0 amide bonds. The topological polar surface area (TPSA) is 80.9 Å². The molecule has 1 N–H and O–H groups in total. The van der Waals surface area contributed by atoms with Crippen molar-refractivity contribution in [3.05, 3.63) is 27.8 Å². The fraction of sp³-hybridized carbons (Fsp3) is 0.333. The van der Waals surface area contributed by atoms with E-state index in [1.54, 1.807) is 4.68 Å². The van der Waals surface area contributed by atoms with Gasteiger partial charge >= 0.3 is 5.97 Å². The number of hydrogen-bond donors (Lipinski definition) is 1. The van der Waals surface area contributed by atoms with E-state index >= 15 is 0 Å². The molecule has 1 aliphatic carbocycles. The molecule has 0 atom stereocenters. The van der Waals surface area contributed by atoms with Crippen molar-refractivity contribution in [1.82, 2.24) is 20.2 Å². The van der Waals surface area contributed by atoms with Crippen molar-refractivity contribution < 1.29 is 9.90 Å². The van der Waals surface area contributed by atoms with Gasteiger partial charge in [0.2, 0.25) is 0 Å². The lowest BCUT2D eigenvalue weighted by atomic mass is 10.1. The van der Waals surface area contributed by atoms with Crippen molar-refractivity contribution >= 4 is 28.6 Å². The van der Waals surface area contributed by atoms with E-state index in [1.165, 1.54) is 0 Å². The van der Waals surface area contributed by atoms with Gasteiger partial charge < -0.3 is 5.11 Å². The second kappa shape index (κ2) is 4.55. The molecular weight excluding hydrogens is 359 g/mol. The van der Waals surface area contributed by atoms with Crippen LogP contribution in [0.15, 0.2) is 24.3 Å². The van der Waals surface area contributed by atoms with Gasteiger partial charge in [0.1, 0.15) is 0 Å². The van der Waals surface area contributed by atoms with Gasteiger partial charge in [-0.05, 0) is 58.0 Å². The van der Waals surface area contributed by atoms with Crippen LogP contribution >= 0.6 is 22.6 Å². The lowest BCUT2D eigenvalue weighted by Crippen LogP contribution is -2.22. The van der Waals surface area contributed by atoms with E-state index in [4.69, 9.17) is 0 Å². The molecule has 0 radical (unpaired) electrons. The molecular formula is C12H11IN4O2. The Kier molecular flexibility index (Phi) is 3.00. The number of hydrogen-bond acceptors (Lipinski definition) is 4. The first-order chi connectivity index (χ1) is 9.11. The van der Waals surface area contributed by atoms with Gasteiger partial charge in [-0.3, -0.25) is 4.79 Å². The van der Waals surface area contributed by atoms with Crippen molar-refractivity contribution in [1.29, 1.82) is 0 Å². The summed E-state index contributed by atoms with van der Waals surface area (Å²) in [6.45, 7) is 0.330. The highest BCUT2D eigenvalue weighted by atomic mass is 127. The highest BCUT2D eigenvalue weighted by Gasteiger charge is 2.51. The number of aromatic nitrogens is 4. The van der Waals surface area contributed by atoms with Crippen LogP contribution in [0.3, 0.4) is 0 Å². The second-order valence-electron chi connectivity index (χ2n) is 4.76. The number of carboxylic acids is 1. The van der Waals surface area contributed by atoms with Crippen LogP contribution in [0.4, 0.5) is 0 Å². The Bertz CT molecular complexity index is 636. The van der Waals surface area contributed by atoms with Gasteiger partial charge in [0.15, 0.2) is 5.82 Å². The highest BCUT2D eigenvalue weighted by molar-refractivity contribution is 14.1. The second-order valence-corrected chi connectivity index (χ2v) is 6.00. The summed E-state index contributed by atoms with van der Waals surface area (Å²) in [6, 6.07) is 7.81. The van der Waals surface area contributed by atoms with Crippen LogP contribution in [0.25, 0.3) is 11.4 Å². The maximum atomic E-state index is 11.2. The summed E-state index contributed by atoms with van der Waals surface area (Å²) >= 11 is 2.22. The van der Waals surface area contributed by atoms with Crippen LogP contribution in [0.5, 0.6) is 0 Å². The predicted octanol–water partition coefficient (Wildman–Crippen LogP) is 1.81. The van der Waals surface area contributed by atoms with E-state index in [1.807, 2.05) is 24.3 Å². The van der Waals surface area contributed by atoms with Crippen LogP contribution < -0.4 is 0 Å². The van der Waals surface area contributed by atoms with Crippen molar-refractivity contribution in [2.75, 3.05) is 0 Å². The number of tetrazole rings is 1. The smallest absolute Gasteiger partial charge is 0.311 e. The molecule has 0 saturated heterocycles. The standard InChI is InChI=1S/C12H11IN4O2/c13-9-3-1-2-8(6-9)10-14-15-16-17(10)7-12(4-5-12)11(18)19/h1-3,6H,4-5,7H2,(H,18,19). The van der Waals surface area contributed by atoms with Gasteiger partial charge in [0.05, 0.1) is 12.0 Å². The van der Waals surface area contributed by atoms with E-state index in [0.29, 0.717) is 25.2 Å². The van der Waals surface area contributed by atoms with Crippen molar-refractivity contribution in [2.24, 2.45) is 5.41 Å². The molecule has 2 aromatic rings. The minimum Gasteiger partial charge on any atom is -0.481 e. The average Bonchev–Trinajstić information content (AvgIpc) is 3.01. The normalized spacial score (nSPS) is 16.3. The monoisotopic (exact) mass is 370 g/mol. The molecule has 98 valence electrons. The highest BCUT2D eigenvalue weighted by Crippen LogP contribution is 2.47. The van der Waals surface area contributed by atoms with E-state index in [0.717, 1.165) is 9.13 Å². The van der Waals surface area contributed by atoms with Gasteiger partial charge in [-0.25, -0.2) is 4.68 Å². The summed E-state index contributed by atoms with van der Waals surface area (Å²) in [5.74, 6) is -0.150. The molecule has 1 fully saturated rings. The van der Waals surface area contributed by atoms with E-state index < -0.39 is 11.4 Å². The van der Waals surface area contributed by atoms with Gasteiger partial charge in [-0.1, -0.05) is 12.1 Å². The lowest BCUT2D eigenvalue weighted by Gasteiger charge is -2.10. The van der Waals surface area contributed by atoms with Crippen molar-refractivity contribution in [3.8, 4) is 11.4 Å². The Labute approximate surface area is 123 Å². The zero-order chi connectivity index (χ0) is 13.5. The van der Waals surface area contributed by atoms with Crippen LogP contribution in [-0.4, -0.2) is 31.3 Å². The third-order valence-electron chi connectivity index (χ3n) is 3.37. The Morgan fingerprint density at radius 1 is 1.47 bits per heavy atom. The minimum atomic E-state index is -0.767. The van der Waals surface area contributed by atoms with Gasteiger partial charge in [0.25, 0.3) is 0 Å². The quantitative estimate of drug-likeness (QED) is 0.831. The number of aliphatic carboxylic acids is 1. The Morgan fingerprint density at radius 3 is 2.89 bits per heavy atom. The molecule has 0 bridgehead atoms. The molecule has 19 heavy (non-hydrogen) atoms. The fourth-order valence-electron chi connectivity index (χ4n) is 2.02. The Morgan fingerprint density at radius 2 is 2.26 bits per heavy atom. The molecule has 0 unspecified atom stereocenters. The lowest BCUT2D eigenvalue weighted by molar-refractivity contribution is -0.144. The maximum Gasteiger partial charge on any atom is 0.311 e. The van der Waals surface area contributed by atoms with Gasteiger partial charge in [-0.2, -0.15) is 0 Å². The van der Waals surface area contributed by atoms with E-state index in [9.17, 15) is 9.90 Å². The summed E-state index contributed by atoms with van der Waals surface area (Å²) in [4.78, 5) is 11.2. The molecule has 0 spiro atoms. The molecule has 3 rings (SSSR count). The maximum absolute atomic E-state index is 11.2. The summed E-state index contributed by atoms with van der Waals surface area (Å²) in [6.07, 6.45) is 1.38. The molecule has 6 nitrogen and oxygen atoms in total. The summed E-state index contributed by atoms with van der Waals surface area (Å²) in [5, 5.41) is 20.8. The fourth-order valence-corrected chi connectivity index (χ4v) is 2.57. The predicted molar refractivity (Wildman–Crippen MR) is 75.3 cm³/mol. The van der Waals surface area contributed by atoms with Crippen LogP contribution in [-0.2, 0) is 11.3 Å². The number of rotatable bonds is 4. The van der Waals surface area contributed by atoms with Crippen LogP contribution in [0.2, 0.25) is 0 Å². The molecule has 7 heteroatoms. The first kappa shape index (κ1) is 12.5. The van der Waals surface area contributed by atoms with Crippen LogP contribution in [0.1, 0.15) is 12.8 Å². The first-order valence-corrected chi connectivity index (χ1v) is 6.94. The molecule has 1 heterocycles. The zero-order valence-electron chi connectivity index (χ0n) is 9.95. The van der Waals surface area contributed by atoms with E-state index in [2.05, 4.69) is 38.1 Å². The summed E-state index contributed by atoms with van der Waals surface area (Å²) < 4.78 is 2.68. The molecule has 1 aliphatic rings. The third kappa shape index (κ3) is 2.34. The SMILES string of the molecule is O=C(O)C1(Cn2nnnc2-c2cccc(I)c2)CC1. The first-order valence-electron chi connectivity index (χ1n) is 5.86. The number of carbonyl (C=O) groups is 1.